The van der Waals surface area contributed by atoms with Gasteiger partial charge in [0.1, 0.15) is 6.07 Å². The second-order valence-corrected chi connectivity index (χ2v) is 6.91. The number of halogens is 1. The van der Waals surface area contributed by atoms with Crippen molar-refractivity contribution in [2.24, 2.45) is 0 Å². The second-order valence-electron chi connectivity index (χ2n) is 6.55. The summed E-state index contributed by atoms with van der Waals surface area (Å²) in [5, 5.41) is 8.93. The van der Waals surface area contributed by atoms with Gasteiger partial charge in [-0.15, -0.1) is 0 Å². The molecule has 0 spiro atoms. The van der Waals surface area contributed by atoms with Crippen LogP contribution in [0.15, 0.2) is 9.21 Å². The standard InChI is InChI=1S/C17H22ClN3O2/c18-15-14(11-19)16(22)23-17(20-15)21(12-7-3-1-4-8-12)13-9-5-2-6-10-13/h12-13H,1-10H2. The molecule has 0 bridgehead atoms. The molecule has 2 fully saturated rings. The van der Waals surface area contributed by atoms with Crippen LogP contribution in [-0.2, 0) is 0 Å². The van der Waals surface area contributed by atoms with Crippen LogP contribution < -0.4 is 10.5 Å². The summed E-state index contributed by atoms with van der Waals surface area (Å²) in [6.07, 6.45) is 11.7. The van der Waals surface area contributed by atoms with Crippen LogP contribution in [0.3, 0.4) is 0 Å². The zero-order valence-electron chi connectivity index (χ0n) is 13.3. The van der Waals surface area contributed by atoms with Gasteiger partial charge in [0.05, 0.1) is 0 Å². The van der Waals surface area contributed by atoms with Crippen molar-refractivity contribution in [3.05, 3.63) is 21.1 Å². The number of anilines is 1. The van der Waals surface area contributed by atoms with Gasteiger partial charge in [-0.2, -0.15) is 10.2 Å². The molecule has 5 nitrogen and oxygen atoms in total. The van der Waals surface area contributed by atoms with Crippen molar-refractivity contribution in [3.63, 3.8) is 0 Å². The fraction of sp³-hybridized carbons (Fsp3) is 0.706. The van der Waals surface area contributed by atoms with E-state index >= 15 is 0 Å². The van der Waals surface area contributed by atoms with Gasteiger partial charge >= 0.3 is 11.6 Å². The largest absolute Gasteiger partial charge is 0.388 e. The highest BCUT2D eigenvalue weighted by Crippen LogP contribution is 2.33. The average molecular weight is 336 g/mol. The van der Waals surface area contributed by atoms with E-state index in [2.05, 4.69) is 9.88 Å². The van der Waals surface area contributed by atoms with Gasteiger partial charge < -0.3 is 9.32 Å². The molecule has 3 rings (SSSR count). The Morgan fingerprint density at radius 3 is 2.00 bits per heavy atom. The highest BCUT2D eigenvalue weighted by Gasteiger charge is 2.32. The highest BCUT2D eigenvalue weighted by molar-refractivity contribution is 6.30. The van der Waals surface area contributed by atoms with Crippen LogP contribution in [0.5, 0.6) is 0 Å². The van der Waals surface area contributed by atoms with Crippen LogP contribution in [0.1, 0.15) is 69.8 Å². The molecule has 6 heteroatoms. The molecule has 0 aliphatic heterocycles. The maximum Gasteiger partial charge on any atom is 0.359 e. The lowest BCUT2D eigenvalue weighted by Crippen LogP contribution is -2.46. The van der Waals surface area contributed by atoms with E-state index in [1.54, 1.807) is 6.07 Å². The van der Waals surface area contributed by atoms with E-state index in [4.69, 9.17) is 21.3 Å². The zero-order valence-corrected chi connectivity index (χ0v) is 14.0. The predicted molar refractivity (Wildman–Crippen MR) is 88.7 cm³/mol. The molecule has 1 heterocycles. The van der Waals surface area contributed by atoms with Crippen molar-refractivity contribution in [1.29, 1.82) is 5.26 Å². The number of rotatable bonds is 3. The van der Waals surface area contributed by atoms with Crippen molar-refractivity contribution < 1.29 is 4.42 Å². The molecule has 0 amide bonds. The number of hydrogen-bond donors (Lipinski definition) is 0. The molecule has 1 aromatic rings. The quantitative estimate of drug-likeness (QED) is 0.834. The number of aromatic nitrogens is 1. The third kappa shape index (κ3) is 3.53. The Balaban J connectivity index is 1.97. The summed E-state index contributed by atoms with van der Waals surface area (Å²) in [6.45, 7) is 0. The minimum atomic E-state index is -0.681. The third-order valence-corrected chi connectivity index (χ3v) is 5.33. The van der Waals surface area contributed by atoms with Gasteiger partial charge in [0.2, 0.25) is 0 Å². The summed E-state index contributed by atoms with van der Waals surface area (Å²) < 4.78 is 5.40. The Kier molecular flexibility index (Phi) is 5.22. The van der Waals surface area contributed by atoms with Gasteiger partial charge in [0, 0.05) is 12.1 Å². The Hall–Kier alpha value is -1.54. The molecule has 0 radical (unpaired) electrons. The van der Waals surface area contributed by atoms with Crippen LogP contribution in [0.25, 0.3) is 0 Å². The zero-order chi connectivity index (χ0) is 16.2. The number of hydrogen-bond acceptors (Lipinski definition) is 5. The average Bonchev–Trinajstić information content (AvgIpc) is 2.57. The monoisotopic (exact) mass is 335 g/mol. The molecule has 0 aromatic carbocycles. The Labute approximate surface area is 141 Å². The van der Waals surface area contributed by atoms with Crippen LogP contribution in [-0.4, -0.2) is 17.1 Å². The molecule has 124 valence electrons. The van der Waals surface area contributed by atoms with Crippen molar-refractivity contribution in [2.45, 2.75) is 76.3 Å². The summed E-state index contributed by atoms with van der Waals surface area (Å²) in [5.74, 6) is 0. The van der Waals surface area contributed by atoms with Crippen LogP contribution in [0.2, 0.25) is 5.15 Å². The number of nitrogens with zero attached hydrogens (tertiary/aromatic N) is 3. The molecule has 2 saturated carbocycles. The molecule has 0 N–H and O–H groups in total. The summed E-state index contributed by atoms with van der Waals surface area (Å²) in [7, 11) is 0. The Bertz CT molecular complexity index is 622. The van der Waals surface area contributed by atoms with Crippen molar-refractivity contribution >= 4 is 17.6 Å². The van der Waals surface area contributed by atoms with E-state index in [0.717, 1.165) is 25.7 Å². The lowest BCUT2D eigenvalue weighted by atomic mass is 9.89. The first-order valence-electron chi connectivity index (χ1n) is 8.60. The van der Waals surface area contributed by atoms with E-state index in [1.807, 2.05) is 0 Å². The van der Waals surface area contributed by atoms with Crippen molar-refractivity contribution in [1.82, 2.24) is 4.98 Å². The molecule has 23 heavy (non-hydrogen) atoms. The van der Waals surface area contributed by atoms with Crippen LogP contribution in [0.4, 0.5) is 6.01 Å². The summed E-state index contributed by atoms with van der Waals surface area (Å²) >= 11 is 6.04. The minimum absolute atomic E-state index is 0.0460. The lowest BCUT2D eigenvalue weighted by Gasteiger charge is -2.41. The third-order valence-electron chi connectivity index (χ3n) is 5.06. The van der Waals surface area contributed by atoms with Gasteiger partial charge in [-0.3, -0.25) is 0 Å². The van der Waals surface area contributed by atoms with Crippen LogP contribution >= 0.6 is 11.6 Å². The van der Waals surface area contributed by atoms with Gasteiger partial charge in [0.15, 0.2) is 10.7 Å². The number of nitriles is 1. The highest BCUT2D eigenvalue weighted by atomic mass is 35.5. The first kappa shape index (κ1) is 16.3. The summed E-state index contributed by atoms with van der Waals surface area (Å²) in [5.41, 5.74) is -0.887. The predicted octanol–water partition coefficient (Wildman–Crippen LogP) is 4.03. The van der Waals surface area contributed by atoms with Gasteiger partial charge in [-0.1, -0.05) is 50.1 Å². The van der Waals surface area contributed by atoms with Crippen molar-refractivity contribution in [2.75, 3.05) is 4.90 Å². The van der Waals surface area contributed by atoms with E-state index < -0.39 is 5.63 Å². The molecule has 1 aromatic heterocycles. The first-order valence-corrected chi connectivity index (χ1v) is 8.97. The molecule has 0 saturated heterocycles. The molecular formula is C17H22ClN3O2. The molecule has 2 aliphatic carbocycles. The summed E-state index contributed by atoms with van der Waals surface area (Å²) in [6, 6.07) is 2.78. The van der Waals surface area contributed by atoms with Crippen molar-refractivity contribution in [3.8, 4) is 6.07 Å². The molecule has 0 atom stereocenters. The Morgan fingerprint density at radius 1 is 1.04 bits per heavy atom. The second kappa shape index (κ2) is 7.35. The van der Waals surface area contributed by atoms with E-state index in [0.29, 0.717) is 18.1 Å². The van der Waals surface area contributed by atoms with Gasteiger partial charge in [-0.25, -0.2) is 4.79 Å². The topological polar surface area (TPSA) is 70.1 Å². The maximum atomic E-state index is 12.0. The normalized spacial score (nSPS) is 20.2. The van der Waals surface area contributed by atoms with E-state index in [-0.39, 0.29) is 10.7 Å². The van der Waals surface area contributed by atoms with Gasteiger partial charge in [-0.05, 0) is 25.7 Å². The molecular weight excluding hydrogens is 314 g/mol. The Morgan fingerprint density at radius 2 is 1.57 bits per heavy atom. The molecule has 0 unspecified atom stereocenters. The van der Waals surface area contributed by atoms with Gasteiger partial charge in [0.25, 0.3) is 0 Å². The van der Waals surface area contributed by atoms with E-state index in [9.17, 15) is 4.79 Å². The van der Waals surface area contributed by atoms with E-state index in [1.165, 1.54) is 38.5 Å². The fourth-order valence-corrected chi connectivity index (χ4v) is 4.10. The minimum Gasteiger partial charge on any atom is -0.388 e. The van der Waals surface area contributed by atoms with Crippen LogP contribution in [0, 0.1) is 11.3 Å². The SMILES string of the molecule is N#Cc1c(Cl)nc(N(C2CCCCC2)C2CCCCC2)oc1=O. The fourth-order valence-electron chi connectivity index (χ4n) is 3.91. The lowest BCUT2D eigenvalue weighted by molar-refractivity contribution is 0.313. The smallest absolute Gasteiger partial charge is 0.359 e. The first-order chi connectivity index (χ1) is 11.2. The summed E-state index contributed by atoms with van der Waals surface area (Å²) in [4.78, 5) is 18.5. The molecule has 2 aliphatic rings. The maximum absolute atomic E-state index is 12.0.